The smallest absolute Gasteiger partial charge is 0.150 e. The Hall–Kier alpha value is -1.64. The molecule has 0 unspecified atom stereocenters. The van der Waals surface area contributed by atoms with Gasteiger partial charge in [0.1, 0.15) is 0 Å². The summed E-state index contributed by atoms with van der Waals surface area (Å²) in [5, 5.41) is 6.10. The molecular weight excluding hydrogens is 188 g/mol. The Kier molecular flexibility index (Phi) is 4.03. The van der Waals surface area contributed by atoms with Crippen LogP contribution in [0.1, 0.15) is 29.8 Å². The first-order valence-electron chi connectivity index (χ1n) is 4.96. The molecule has 80 valence electrons. The van der Waals surface area contributed by atoms with Crippen LogP contribution >= 0.6 is 0 Å². The van der Waals surface area contributed by atoms with Crippen LogP contribution in [0, 0.1) is 0 Å². The number of hydrogen-bond donors (Lipinski definition) is 0. The van der Waals surface area contributed by atoms with Gasteiger partial charge in [-0.05, 0) is 13.8 Å². The molecule has 0 saturated heterocycles. The SMILES string of the molecule is CC(C)N(C)/N=C\c1ccccc1C=O. The number of carbonyl (C=O) groups is 1. The summed E-state index contributed by atoms with van der Waals surface area (Å²) in [4.78, 5) is 10.7. The summed E-state index contributed by atoms with van der Waals surface area (Å²) in [6.45, 7) is 4.12. The van der Waals surface area contributed by atoms with Crippen LogP contribution in [0.15, 0.2) is 29.4 Å². The van der Waals surface area contributed by atoms with E-state index in [1.165, 1.54) is 0 Å². The average Bonchev–Trinajstić information content (AvgIpc) is 2.26. The van der Waals surface area contributed by atoms with Crippen molar-refractivity contribution in [3.8, 4) is 0 Å². The minimum atomic E-state index is 0.352. The second kappa shape index (κ2) is 5.29. The summed E-state index contributed by atoms with van der Waals surface area (Å²) in [5.41, 5.74) is 1.51. The molecule has 0 amide bonds. The zero-order valence-electron chi connectivity index (χ0n) is 9.34. The van der Waals surface area contributed by atoms with Gasteiger partial charge in [-0.25, -0.2) is 0 Å². The Labute approximate surface area is 90.4 Å². The maximum atomic E-state index is 10.7. The van der Waals surface area contributed by atoms with Crippen LogP contribution in [-0.2, 0) is 0 Å². The fourth-order valence-corrected chi connectivity index (χ4v) is 1.02. The van der Waals surface area contributed by atoms with Crippen molar-refractivity contribution in [2.24, 2.45) is 5.10 Å². The van der Waals surface area contributed by atoms with Crippen LogP contribution < -0.4 is 0 Å². The van der Waals surface area contributed by atoms with E-state index in [-0.39, 0.29) is 0 Å². The third-order valence-corrected chi connectivity index (χ3v) is 2.25. The lowest BCUT2D eigenvalue weighted by molar-refractivity contribution is 0.112. The zero-order chi connectivity index (χ0) is 11.3. The Balaban J connectivity index is 2.84. The third kappa shape index (κ3) is 3.20. The fourth-order valence-electron chi connectivity index (χ4n) is 1.02. The molecule has 0 spiro atoms. The quantitative estimate of drug-likeness (QED) is 0.428. The molecule has 0 radical (unpaired) electrons. The minimum absolute atomic E-state index is 0.352. The van der Waals surface area contributed by atoms with Crippen molar-refractivity contribution in [1.82, 2.24) is 5.01 Å². The Bertz CT molecular complexity index is 358. The molecule has 0 atom stereocenters. The van der Waals surface area contributed by atoms with E-state index in [0.29, 0.717) is 11.6 Å². The molecule has 0 bridgehead atoms. The van der Waals surface area contributed by atoms with E-state index in [9.17, 15) is 4.79 Å². The minimum Gasteiger partial charge on any atom is -0.298 e. The molecule has 1 rings (SSSR count). The molecular formula is C12H16N2O. The van der Waals surface area contributed by atoms with Gasteiger partial charge in [-0.3, -0.25) is 9.80 Å². The van der Waals surface area contributed by atoms with Gasteiger partial charge in [0.25, 0.3) is 0 Å². The second-order valence-electron chi connectivity index (χ2n) is 3.66. The van der Waals surface area contributed by atoms with Crippen molar-refractivity contribution in [2.45, 2.75) is 19.9 Å². The number of rotatable bonds is 4. The van der Waals surface area contributed by atoms with E-state index in [1.54, 1.807) is 12.3 Å². The van der Waals surface area contributed by atoms with Gasteiger partial charge in [0.05, 0.1) is 6.21 Å². The van der Waals surface area contributed by atoms with Crippen LogP contribution in [0.2, 0.25) is 0 Å². The third-order valence-electron chi connectivity index (χ3n) is 2.25. The molecule has 0 aliphatic heterocycles. The first-order chi connectivity index (χ1) is 7.15. The van der Waals surface area contributed by atoms with Crippen molar-refractivity contribution in [3.05, 3.63) is 35.4 Å². The summed E-state index contributed by atoms with van der Waals surface area (Å²) in [7, 11) is 1.91. The van der Waals surface area contributed by atoms with Gasteiger partial charge in [0, 0.05) is 24.2 Å². The molecule has 0 aliphatic rings. The van der Waals surface area contributed by atoms with Crippen molar-refractivity contribution in [3.63, 3.8) is 0 Å². The van der Waals surface area contributed by atoms with Crippen molar-refractivity contribution in [2.75, 3.05) is 7.05 Å². The highest BCUT2D eigenvalue weighted by Gasteiger charge is 1.99. The lowest BCUT2D eigenvalue weighted by atomic mass is 10.1. The summed E-state index contributed by atoms with van der Waals surface area (Å²) >= 11 is 0. The van der Waals surface area contributed by atoms with Crippen LogP contribution in [-0.4, -0.2) is 30.6 Å². The molecule has 0 heterocycles. The number of hydrazone groups is 1. The van der Waals surface area contributed by atoms with Crippen LogP contribution in [0.3, 0.4) is 0 Å². The molecule has 3 heteroatoms. The Morgan fingerprint density at radius 3 is 2.40 bits per heavy atom. The number of nitrogens with zero attached hydrogens (tertiary/aromatic N) is 2. The predicted molar refractivity (Wildman–Crippen MR) is 62.3 cm³/mol. The van der Waals surface area contributed by atoms with Crippen molar-refractivity contribution >= 4 is 12.5 Å². The van der Waals surface area contributed by atoms with Crippen LogP contribution in [0.25, 0.3) is 0 Å². The molecule has 1 aromatic rings. The lowest BCUT2D eigenvalue weighted by Crippen LogP contribution is -2.20. The molecule has 0 aromatic heterocycles. The van der Waals surface area contributed by atoms with Gasteiger partial charge < -0.3 is 0 Å². The Morgan fingerprint density at radius 1 is 1.27 bits per heavy atom. The van der Waals surface area contributed by atoms with Gasteiger partial charge in [-0.2, -0.15) is 5.10 Å². The molecule has 3 nitrogen and oxygen atoms in total. The maximum Gasteiger partial charge on any atom is 0.150 e. The number of aldehydes is 1. The lowest BCUT2D eigenvalue weighted by Gasteiger charge is -2.16. The topological polar surface area (TPSA) is 32.7 Å². The first-order valence-corrected chi connectivity index (χ1v) is 4.96. The van der Waals surface area contributed by atoms with Gasteiger partial charge in [-0.1, -0.05) is 24.3 Å². The van der Waals surface area contributed by atoms with Gasteiger partial charge >= 0.3 is 0 Å². The second-order valence-corrected chi connectivity index (χ2v) is 3.66. The predicted octanol–water partition coefficient (Wildman–Crippen LogP) is 2.17. The average molecular weight is 204 g/mol. The van der Waals surface area contributed by atoms with E-state index in [4.69, 9.17) is 0 Å². The zero-order valence-corrected chi connectivity index (χ0v) is 9.34. The summed E-state index contributed by atoms with van der Waals surface area (Å²) in [5.74, 6) is 0. The number of hydrogen-bond acceptors (Lipinski definition) is 3. The highest BCUT2D eigenvalue weighted by Crippen LogP contribution is 2.04. The number of benzene rings is 1. The molecule has 1 aromatic carbocycles. The Morgan fingerprint density at radius 2 is 1.87 bits per heavy atom. The van der Waals surface area contributed by atoms with Crippen molar-refractivity contribution < 1.29 is 4.79 Å². The molecule has 0 N–H and O–H groups in total. The summed E-state index contributed by atoms with van der Waals surface area (Å²) in [6.07, 6.45) is 2.56. The van der Waals surface area contributed by atoms with Gasteiger partial charge in [0.15, 0.2) is 6.29 Å². The van der Waals surface area contributed by atoms with E-state index in [1.807, 2.05) is 30.3 Å². The first kappa shape index (κ1) is 11.4. The number of carbonyl (C=O) groups excluding carboxylic acids is 1. The van der Waals surface area contributed by atoms with Crippen LogP contribution in [0.4, 0.5) is 0 Å². The monoisotopic (exact) mass is 204 g/mol. The molecule has 0 saturated carbocycles. The summed E-state index contributed by atoms with van der Waals surface area (Å²) in [6, 6.07) is 7.74. The summed E-state index contributed by atoms with van der Waals surface area (Å²) < 4.78 is 0. The fraction of sp³-hybridized carbons (Fsp3) is 0.333. The molecule has 15 heavy (non-hydrogen) atoms. The van der Waals surface area contributed by atoms with E-state index in [2.05, 4.69) is 18.9 Å². The van der Waals surface area contributed by atoms with E-state index < -0.39 is 0 Å². The standard InChI is InChI=1S/C12H16N2O/c1-10(2)14(3)13-8-11-6-4-5-7-12(11)9-15/h4-10H,1-3H3/b13-8-. The van der Waals surface area contributed by atoms with Crippen LogP contribution in [0.5, 0.6) is 0 Å². The van der Waals surface area contributed by atoms with Gasteiger partial charge in [-0.15, -0.1) is 0 Å². The van der Waals surface area contributed by atoms with Gasteiger partial charge in [0.2, 0.25) is 0 Å². The highest BCUT2D eigenvalue weighted by atomic mass is 16.1. The maximum absolute atomic E-state index is 10.7. The highest BCUT2D eigenvalue weighted by molar-refractivity contribution is 5.92. The normalized spacial score (nSPS) is 10.9. The molecule has 0 aliphatic carbocycles. The van der Waals surface area contributed by atoms with E-state index >= 15 is 0 Å². The molecule has 0 fully saturated rings. The van der Waals surface area contributed by atoms with Crippen molar-refractivity contribution in [1.29, 1.82) is 0 Å². The largest absolute Gasteiger partial charge is 0.298 e. The van der Waals surface area contributed by atoms with E-state index in [0.717, 1.165) is 11.8 Å².